The van der Waals surface area contributed by atoms with Crippen molar-refractivity contribution in [3.05, 3.63) is 0 Å². The highest BCUT2D eigenvalue weighted by atomic mass is 127. The molecular weight excluding hydrogens is 503 g/mol. The second-order valence-electron chi connectivity index (χ2n) is 9.68. The van der Waals surface area contributed by atoms with Crippen molar-refractivity contribution in [2.45, 2.75) is 110 Å². The van der Waals surface area contributed by atoms with Gasteiger partial charge in [0.05, 0.1) is 27.7 Å². The van der Waals surface area contributed by atoms with Gasteiger partial charge in [-0.15, -0.1) is 0 Å². The van der Waals surface area contributed by atoms with Crippen LogP contribution < -0.4 is 29.3 Å². The lowest BCUT2D eigenvalue weighted by atomic mass is 10.1. The Hall–Kier alpha value is 0.510. The average molecular weight is 557 g/mol. The molecule has 1 N–H and O–H groups in total. The summed E-state index contributed by atoms with van der Waals surface area (Å²) in [6.07, 6.45) is 21.1. The van der Waals surface area contributed by atoms with Gasteiger partial charge in [0.15, 0.2) is 0 Å². The maximum absolute atomic E-state index is 11.8. The molecule has 0 aromatic heterocycles. The van der Waals surface area contributed by atoms with Crippen molar-refractivity contribution in [1.82, 2.24) is 5.32 Å². The van der Waals surface area contributed by atoms with Crippen LogP contribution in [-0.4, -0.2) is 56.1 Å². The van der Waals surface area contributed by atoms with Crippen LogP contribution in [0.3, 0.4) is 0 Å². The lowest BCUT2D eigenvalue weighted by Gasteiger charge is -2.23. The topological polar surface area (TPSA) is 29.1 Å². The van der Waals surface area contributed by atoms with Crippen LogP contribution in [0.5, 0.6) is 0 Å². The molecule has 0 fully saturated rings. The van der Waals surface area contributed by atoms with Gasteiger partial charge < -0.3 is 33.8 Å². The van der Waals surface area contributed by atoms with Crippen LogP contribution in [0.15, 0.2) is 0 Å². The highest BCUT2D eigenvalue weighted by Crippen LogP contribution is 2.14. The average Bonchev–Trinajstić information content (AvgIpc) is 2.67. The van der Waals surface area contributed by atoms with E-state index >= 15 is 0 Å². The third-order valence-electron chi connectivity index (χ3n) is 5.41. The number of amides is 1. The van der Waals surface area contributed by atoms with Crippen LogP contribution in [0.4, 0.5) is 0 Å². The fourth-order valence-corrected chi connectivity index (χ4v) is 4.53. The van der Waals surface area contributed by atoms with Gasteiger partial charge >= 0.3 is 0 Å². The van der Waals surface area contributed by atoms with E-state index in [4.69, 9.17) is 0 Å². The summed E-state index contributed by atoms with van der Waals surface area (Å²) in [6.45, 7) is 4.22. The van der Waals surface area contributed by atoms with E-state index in [0.29, 0.717) is 6.42 Å². The zero-order chi connectivity index (χ0) is 21.6. The molecule has 30 heavy (non-hydrogen) atoms. The number of quaternary nitrogens is 1. The lowest BCUT2D eigenvalue weighted by molar-refractivity contribution is -0.870. The van der Waals surface area contributed by atoms with Gasteiger partial charge in [-0.25, -0.2) is 0 Å². The van der Waals surface area contributed by atoms with Crippen molar-refractivity contribution in [3.8, 4) is 0 Å². The molecule has 0 aromatic carbocycles. The van der Waals surface area contributed by atoms with E-state index in [9.17, 15) is 4.79 Å². The molecule has 5 heteroatoms. The van der Waals surface area contributed by atoms with Crippen LogP contribution in [0.1, 0.15) is 110 Å². The first-order valence-corrected chi connectivity index (χ1v) is 13.8. The summed E-state index contributed by atoms with van der Waals surface area (Å²) in [7, 11) is 6.57. The van der Waals surface area contributed by atoms with Crippen LogP contribution in [0.25, 0.3) is 0 Å². The molecule has 0 aromatic rings. The minimum absolute atomic E-state index is 0. The Morgan fingerprint density at radius 2 is 1.17 bits per heavy atom. The normalized spacial score (nSPS) is 11.3. The Labute approximate surface area is 210 Å². The molecule has 0 saturated heterocycles. The number of carbonyl (C=O) groups excluding carboxylic acids is 1. The van der Waals surface area contributed by atoms with E-state index in [-0.39, 0.29) is 29.9 Å². The highest BCUT2D eigenvalue weighted by molar-refractivity contribution is 7.99. The summed E-state index contributed by atoms with van der Waals surface area (Å²) in [5, 5.41) is 3.05. The first-order valence-electron chi connectivity index (χ1n) is 12.6. The summed E-state index contributed by atoms with van der Waals surface area (Å²) in [5.41, 5.74) is 0. The van der Waals surface area contributed by atoms with Crippen molar-refractivity contribution < 1.29 is 33.3 Å². The number of nitrogens with one attached hydrogen (secondary N) is 1. The predicted molar refractivity (Wildman–Crippen MR) is 133 cm³/mol. The van der Waals surface area contributed by atoms with Gasteiger partial charge in [-0.2, -0.15) is 11.8 Å². The van der Waals surface area contributed by atoms with Gasteiger partial charge in [0.2, 0.25) is 5.91 Å². The molecule has 0 spiro atoms. The third-order valence-corrected chi connectivity index (χ3v) is 6.57. The van der Waals surface area contributed by atoms with E-state index in [1.807, 2.05) is 0 Å². The number of carbonyl (C=O) groups is 1. The number of rotatable bonds is 22. The number of hydrogen-bond donors (Lipinski definition) is 1. The molecule has 0 bridgehead atoms. The van der Waals surface area contributed by atoms with Gasteiger partial charge in [-0.05, 0) is 30.8 Å². The fourth-order valence-electron chi connectivity index (χ4n) is 3.51. The van der Waals surface area contributed by atoms with E-state index < -0.39 is 0 Å². The second-order valence-corrected chi connectivity index (χ2v) is 10.9. The Kier molecular flexibility index (Phi) is 26.3. The van der Waals surface area contributed by atoms with Crippen molar-refractivity contribution in [2.24, 2.45) is 0 Å². The summed E-state index contributed by atoms with van der Waals surface area (Å²) in [4.78, 5) is 11.8. The fraction of sp³-hybridized carbons (Fsp3) is 0.960. The van der Waals surface area contributed by atoms with Gasteiger partial charge in [0.1, 0.15) is 0 Å². The Bertz CT molecular complexity index is 362. The molecule has 0 atom stereocenters. The molecule has 0 unspecified atom stereocenters. The molecule has 0 heterocycles. The minimum atomic E-state index is 0. The molecule has 0 rings (SSSR count). The SMILES string of the molecule is CCCCCCCCCCCCCCSCCCCC(=O)NCCC[N+](C)(C)C.[I-]. The minimum Gasteiger partial charge on any atom is -1.00 e. The lowest BCUT2D eigenvalue weighted by Crippen LogP contribution is -3.00. The molecule has 0 aliphatic carbocycles. The van der Waals surface area contributed by atoms with Gasteiger partial charge in [0.25, 0.3) is 0 Å². The monoisotopic (exact) mass is 556 g/mol. The first-order chi connectivity index (χ1) is 14.0. The van der Waals surface area contributed by atoms with Gasteiger partial charge in [0, 0.05) is 19.4 Å². The third kappa shape index (κ3) is 28.5. The van der Waals surface area contributed by atoms with Crippen LogP contribution in [0.2, 0.25) is 0 Å². The van der Waals surface area contributed by atoms with E-state index in [1.165, 1.54) is 95.0 Å². The highest BCUT2D eigenvalue weighted by Gasteiger charge is 2.06. The summed E-state index contributed by atoms with van der Waals surface area (Å²) in [5.74, 6) is 2.75. The molecule has 0 aliphatic heterocycles. The molecular formula is C25H53IN2OS. The standard InChI is InChI=1S/C25H52N2OS.HI/c1-5-6-7-8-9-10-11-12-13-14-15-17-23-29-24-18-16-20-25(28)26-21-19-22-27(2,3)4;/h5-24H2,1-4H3;1H. The van der Waals surface area contributed by atoms with Crippen molar-refractivity contribution >= 4 is 17.7 Å². The van der Waals surface area contributed by atoms with Crippen molar-refractivity contribution in [2.75, 3.05) is 45.7 Å². The number of unbranched alkanes of at least 4 members (excludes halogenated alkanes) is 12. The molecule has 0 aliphatic rings. The molecule has 3 nitrogen and oxygen atoms in total. The summed E-state index contributed by atoms with van der Waals surface area (Å²) in [6, 6.07) is 0. The van der Waals surface area contributed by atoms with E-state index in [0.717, 1.165) is 30.4 Å². The largest absolute Gasteiger partial charge is 1.00 e. The van der Waals surface area contributed by atoms with E-state index in [2.05, 4.69) is 45.1 Å². The Morgan fingerprint density at radius 1 is 0.700 bits per heavy atom. The number of nitrogens with zero attached hydrogens (tertiary/aromatic N) is 1. The number of halogens is 1. The van der Waals surface area contributed by atoms with Crippen LogP contribution in [0, 0.1) is 0 Å². The van der Waals surface area contributed by atoms with Crippen LogP contribution >= 0.6 is 11.8 Å². The molecule has 0 radical (unpaired) electrons. The molecule has 182 valence electrons. The first kappa shape index (κ1) is 32.7. The Morgan fingerprint density at radius 3 is 1.67 bits per heavy atom. The zero-order valence-electron chi connectivity index (χ0n) is 20.8. The predicted octanol–water partition coefficient (Wildman–Crippen LogP) is 3.81. The molecule has 1 amide bonds. The maximum atomic E-state index is 11.8. The van der Waals surface area contributed by atoms with Crippen molar-refractivity contribution in [3.63, 3.8) is 0 Å². The second kappa shape index (κ2) is 24.2. The number of hydrogen-bond acceptors (Lipinski definition) is 2. The smallest absolute Gasteiger partial charge is 0.219 e. The maximum Gasteiger partial charge on any atom is 0.219 e. The quantitative estimate of drug-likeness (QED) is 0.125. The Balaban J connectivity index is 0. The zero-order valence-corrected chi connectivity index (χ0v) is 23.8. The van der Waals surface area contributed by atoms with Crippen molar-refractivity contribution in [1.29, 1.82) is 0 Å². The van der Waals surface area contributed by atoms with E-state index in [1.54, 1.807) is 0 Å². The van der Waals surface area contributed by atoms with Crippen LogP contribution in [-0.2, 0) is 4.79 Å². The molecule has 0 saturated carbocycles. The number of thioether (sulfide) groups is 1. The van der Waals surface area contributed by atoms with Gasteiger partial charge in [-0.1, -0.05) is 77.6 Å². The van der Waals surface area contributed by atoms with Gasteiger partial charge in [-0.3, -0.25) is 4.79 Å². The summed E-state index contributed by atoms with van der Waals surface area (Å²) < 4.78 is 0.965. The summed E-state index contributed by atoms with van der Waals surface area (Å²) >= 11 is 2.08.